The molecule has 0 aromatic carbocycles. The summed E-state index contributed by atoms with van der Waals surface area (Å²) in [5.41, 5.74) is 2.04. The number of nitrogens with one attached hydrogen (secondary N) is 1. The van der Waals surface area contributed by atoms with Crippen molar-refractivity contribution in [3.63, 3.8) is 0 Å². The summed E-state index contributed by atoms with van der Waals surface area (Å²) < 4.78 is 0. The van der Waals surface area contributed by atoms with Crippen LogP contribution in [0.15, 0.2) is 36.0 Å². The van der Waals surface area contributed by atoms with Crippen LogP contribution in [0.2, 0.25) is 0 Å². The van der Waals surface area contributed by atoms with E-state index in [1.807, 2.05) is 36.0 Å². The molecule has 0 aliphatic heterocycles. The Morgan fingerprint density at radius 1 is 1.35 bits per heavy atom. The standard InChI is InChI=1S/C13H13N3S/c14-8-12-7-13(17-10-12)9-16-6-3-11-1-4-15-5-2-11/h1-2,4-5,7,10,16H,3,6,9H2. The lowest BCUT2D eigenvalue weighted by Gasteiger charge is -2.02. The van der Waals surface area contributed by atoms with Gasteiger partial charge in [-0.05, 0) is 36.7 Å². The molecule has 3 nitrogen and oxygen atoms in total. The van der Waals surface area contributed by atoms with Crippen LogP contribution in [0.25, 0.3) is 0 Å². The highest BCUT2D eigenvalue weighted by Crippen LogP contribution is 2.13. The predicted octanol–water partition coefficient (Wildman–Crippen LogP) is 2.35. The summed E-state index contributed by atoms with van der Waals surface area (Å²) in [4.78, 5) is 5.19. The molecule has 0 saturated carbocycles. The van der Waals surface area contributed by atoms with E-state index in [0.29, 0.717) is 0 Å². The molecule has 0 aliphatic carbocycles. The number of pyridine rings is 1. The van der Waals surface area contributed by atoms with Gasteiger partial charge in [0.2, 0.25) is 0 Å². The summed E-state index contributed by atoms with van der Waals surface area (Å²) in [5, 5.41) is 14.0. The molecule has 2 aromatic heterocycles. The van der Waals surface area contributed by atoms with Crippen LogP contribution < -0.4 is 5.32 Å². The molecular weight excluding hydrogens is 230 g/mol. The van der Waals surface area contributed by atoms with E-state index in [9.17, 15) is 0 Å². The van der Waals surface area contributed by atoms with Crippen molar-refractivity contribution < 1.29 is 0 Å². The van der Waals surface area contributed by atoms with Crippen LogP contribution >= 0.6 is 11.3 Å². The van der Waals surface area contributed by atoms with Crippen molar-refractivity contribution in [3.05, 3.63) is 52.0 Å². The molecule has 0 unspecified atom stereocenters. The number of aromatic nitrogens is 1. The van der Waals surface area contributed by atoms with Gasteiger partial charge in [0, 0.05) is 29.2 Å². The van der Waals surface area contributed by atoms with Gasteiger partial charge in [0.25, 0.3) is 0 Å². The maximum atomic E-state index is 8.70. The quantitative estimate of drug-likeness (QED) is 0.820. The second-order valence-electron chi connectivity index (χ2n) is 3.70. The largest absolute Gasteiger partial charge is 0.312 e. The molecular formula is C13H13N3S. The van der Waals surface area contributed by atoms with Crippen LogP contribution in [0.5, 0.6) is 0 Å². The minimum absolute atomic E-state index is 0.751. The molecule has 0 bridgehead atoms. The molecule has 0 spiro atoms. The number of hydrogen-bond donors (Lipinski definition) is 1. The third-order valence-electron chi connectivity index (χ3n) is 2.42. The highest BCUT2D eigenvalue weighted by atomic mass is 32.1. The summed E-state index contributed by atoms with van der Waals surface area (Å²) in [7, 11) is 0. The lowest BCUT2D eigenvalue weighted by Crippen LogP contribution is -2.15. The van der Waals surface area contributed by atoms with E-state index >= 15 is 0 Å². The van der Waals surface area contributed by atoms with E-state index in [0.717, 1.165) is 25.1 Å². The van der Waals surface area contributed by atoms with Gasteiger partial charge in [-0.15, -0.1) is 11.3 Å². The molecule has 0 saturated heterocycles. The Bertz CT molecular complexity index is 499. The Labute approximate surface area is 105 Å². The summed E-state index contributed by atoms with van der Waals surface area (Å²) in [6.45, 7) is 1.77. The zero-order valence-corrected chi connectivity index (χ0v) is 10.2. The van der Waals surface area contributed by atoms with Crippen molar-refractivity contribution in [3.8, 4) is 6.07 Å². The molecule has 1 N–H and O–H groups in total. The Morgan fingerprint density at radius 2 is 2.18 bits per heavy atom. The van der Waals surface area contributed by atoms with E-state index < -0.39 is 0 Å². The Kier molecular flexibility index (Phi) is 4.25. The number of thiophene rings is 1. The average Bonchev–Trinajstić information content (AvgIpc) is 2.84. The van der Waals surface area contributed by atoms with Crippen LogP contribution in [-0.4, -0.2) is 11.5 Å². The Morgan fingerprint density at radius 3 is 2.88 bits per heavy atom. The third kappa shape index (κ3) is 3.66. The first-order valence-corrected chi connectivity index (χ1v) is 6.33. The topological polar surface area (TPSA) is 48.7 Å². The van der Waals surface area contributed by atoms with Crippen LogP contribution in [0.4, 0.5) is 0 Å². The van der Waals surface area contributed by atoms with Gasteiger partial charge in [-0.1, -0.05) is 0 Å². The highest BCUT2D eigenvalue weighted by molar-refractivity contribution is 7.10. The molecule has 0 amide bonds. The first-order valence-electron chi connectivity index (χ1n) is 5.45. The minimum atomic E-state index is 0.751. The van der Waals surface area contributed by atoms with Crippen LogP contribution in [-0.2, 0) is 13.0 Å². The fraction of sp³-hybridized carbons (Fsp3) is 0.231. The predicted molar refractivity (Wildman–Crippen MR) is 68.7 cm³/mol. The fourth-order valence-electron chi connectivity index (χ4n) is 1.53. The Hall–Kier alpha value is -1.70. The van der Waals surface area contributed by atoms with Gasteiger partial charge in [0.1, 0.15) is 6.07 Å². The molecule has 2 heterocycles. The van der Waals surface area contributed by atoms with Crippen LogP contribution in [0, 0.1) is 11.3 Å². The van der Waals surface area contributed by atoms with Crippen LogP contribution in [0.1, 0.15) is 16.0 Å². The highest BCUT2D eigenvalue weighted by Gasteiger charge is 1.98. The number of hydrogen-bond acceptors (Lipinski definition) is 4. The molecule has 0 aliphatic rings. The molecule has 2 rings (SSSR count). The first-order chi connectivity index (χ1) is 8.38. The van der Waals surface area contributed by atoms with Gasteiger partial charge in [-0.3, -0.25) is 4.98 Å². The van der Waals surface area contributed by atoms with Crippen molar-refractivity contribution in [2.75, 3.05) is 6.54 Å². The minimum Gasteiger partial charge on any atom is -0.312 e. The summed E-state index contributed by atoms with van der Waals surface area (Å²) >= 11 is 1.63. The van der Waals surface area contributed by atoms with Crippen molar-refractivity contribution in [2.45, 2.75) is 13.0 Å². The second-order valence-corrected chi connectivity index (χ2v) is 4.69. The van der Waals surface area contributed by atoms with E-state index in [1.54, 1.807) is 11.3 Å². The van der Waals surface area contributed by atoms with Crippen molar-refractivity contribution in [1.29, 1.82) is 5.26 Å². The van der Waals surface area contributed by atoms with E-state index in [2.05, 4.69) is 16.4 Å². The van der Waals surface area contributed by atoms with Gasteiger partial charge < -0.3 is 5.32 Å². The lowest BCUT2D eigenvalue weighted by molar-refractivity contribution is 0.693. The fourth-order valence-corrected chi connectivity index (χ4v) is 2.31. The van der Waals surface area contributed by atoms with Gasteiger partial charge in [0.15, 0.2) is 0 Å². The second kappa shape index (κ2) is 6.14. The molecule has 0 radical (unpaired) electrons. The van der Waals surface area contributed by atoms with Gasteiger partial charge in [-0.25, -0.2) is 0 Å². The molecule has 4 heteroatoms. The first kappa shape index (κ1) is 11.8. The Balaban J connectivity index is 1.72. The third-order valence-corrected chi connectivity index (χ3v) is 3.36. The zero-order valence-electron chi connectivity index (χ0n) is 9.39. The smallest absolute Gasteiger partial charge is 0.100 e. The van der Waals surface area contributed by atoms with Crippen LogP contribution in [0.3, 0.4) is 0 Å². The van der Waals surface area contributed by atoms with Crippen molar-refractivity contribution in [1.82, 2.24) is 10.3 Å². The maximum Gasteiger partial charge on any atom is 0.100 e. The molecule has 0 fully saturated rings. The molecule has 86 valence electrons. The van der Waals surface area contributed by atoms with E-state index in [-0.39, 0.29) is 0 Å². The number of rotatable bonds is 5. The SMILES string of the molecule is N#Cc1csc(CNCCc2ccncc2)c1. The number of nitrogens with zero attached hydrogens (tertiary/aromatic N) is 2. The van der Waals surface area contributed by atoms with Gasteiger partial charge in [0.05, 0.1) is 5.56 Å². The van der Waals surface area contributed by atoms with E-state index in [1.165, 1.54) is 10.4 Å². The average molecular weight is 243 g/mol. The lowest BCUT2D eigenvalue weighted by atomic mass is 10.2. The maximum absolute atomic E-state index is 8.70. The monoisotopic (exact) mass is 243 g/mol. The zero-order chi connectivity index (χ0) is 11.9. The van der Waals surface area contributed by atoms with Gasteiger partial charge >= 0.3 is 0 Å². The molecule has 17 heavy (non-hydrogen) atoms. The number of nitriles is 1. The summed E-state index contributed by atoms with van der Waals surface area (Å²) in [6.07, 6.45) is 4.63. The summed E-state index contributed by atoms with van der Waals surface area (Å²) in [6, 6.07) is 8.13. The van der Waals surface area contributed by atoms with Gasteiger partial charge in [-0.2, -0.15) is 5.26 Å². The van der Waals surface area contributed by atoms with E-state index in [4.69, 9.17) is 5.26 Å². The van der Waals surface area contributed by atoms with Crippen molar-refractivity contribution >= 4 is 11.3 Å². The normalized spacial score (nSPS) is 10.1. The molecule has 2 aromatic rings. The summed E-state index contributed by atoms with van der Waals surface area (Å²) in [5.74, 6) is 0. The van der Waals surface area contributed by atoms with Crippen molar-refractivity contribution in [2.24, 2.45) is 0 Å². The molecule has 0 atom stereocenters.